The van der Waals surface area contributed by atoms with Gasteiger partial charge < -0.3 is 15.3 Å². The number of benzene rings is 3. The van der Waals surface area contributed by atoms with E-state index in [-0.39, 0.29) is 29.0 Å². The van der Waals surface area contributed by atoms with E-state index in [0.29, 0.717) is 65.2 Å². The van der Waals surface area contributed by atoms with Crippen LogP contribution in [-0.4, -0.2) is 57.2 Å². The van der Waals surface area contributed by atoms with Gasteiger partial charge in [0.05, 0.1) is 17.8 Å². The van der Waals surface area contributed by atoms with Crippen LogP contribution in [0.1, 0.15) is 116 Å². The minimum Gasteiger partial charge on any atom is -0.393 e. The standard InChI is InChI=1S/C53H71NO3/c1-31(2)20-37-24-39-22-35-9-6-5-8-34(35)21-38(39)23-36(37)13-12-33-17-19-52(27-33)30-53-18-7-10-41-49-40(42(50(41)53)25-46(55)45(53)26-48(52)56)14-15-44-43(49)29-54-28-32(3)11-16-47(54)51(44,4)57/h5-10,21-24,31-33,40-50,55-57H,11-20,25-30H2,1-4H3. The van der Waals surface area contributed by atoms with Crippen LogP contribution in [0.15, 0.2) is 60.7 Å². The summed E-state index contributed by atoms with van der Waals surface area (Å²) in [4.78, 5) is 2.73. The van der Waals surface area contributed by atoms with E-state index in [0.717, 1.165) is 77.3 Å². The number of aliphatic hydroxyl groups is 3. The Labute approximate surface area is 342 Å². The smallest absolute Gasteiger partial charge is 0.0805 e. The highest BCUT2D eigenvalue weighted by Crippen LogP contribution is 2.74. The molecule has 2 saturated heterocycles. The van der Waals surface area contributed by atoms with Crippen LogP contribution in [0.4, 0.5) is 0 Å². The average molecular weight is 770 g/mol. The number of piperidine rings is 2. The summed E-state index contributed by atoms with van der Waals surface area (Å²) in [5.74, 6) is 6.12. The molecule has 3 aromatic carbocycles. The van der Waals surface area contributed by atoms with Crippen molar-refractivity contribution in [2.45, 2.75) is 141 Å². The Balaban J connectivity index is 0.866. The van der Waals surface area contributed by atoms with Crippen molar-refractivity contribution in [2.75, 3.05) is 13.1 Å². The average Bonchev–Trinajstić information content (AvgIpc) is 3.74. The van der Waals surface area contributed by atoms with Crippen LogP contribution in [0, 0.1) is 75.9 Å². The Hall–Kier alpha value is -2.24. The molecule has 0 bridgehead atoms. The lowest BCUT2D eigenvalue weighted by Gasteiger charge is -2.63. The number of aliphatic hydroxyl groups excluding tert-OH is 2. The first kappa shape index (κ1) is 37.7. The molecule has 4 nitrogen and oxygen atoms in total. The first-order valence-corrected chi connectivity index (χ1v) is 23.9. The van der Waals surface area contributed by atoms with Gasteiger partial charge in [0.15, 0.2) is 0 Å². The summed E-state index contributed by atoms with van der Waals surface area (Å²) >= 11 is 0. The van der Waals surface area contributed by atoms with Gasteiger partial charge in [-0.25, -0.2) is 0 Å². The summed E-state index contributed by atoms with van der Waals surface area (Å²) in [7, 11) is 0. The van der Waals surface area contributed by atoms with Crippen LogP contribution in [-0.2, 0) is 12.8 Å². The van der Waals surface area contributed by atoms with Crippen molar-refractivity contribution >= 4 is 21.5 Å². The van der Waals surface area contributed by atoms with E-state index in [9.17, 15) is 15.3 Å². The van der Waals surface area contributed by atoms with Crippen molar-refractivity contribution < 1.29 is 15.3 Å². The minimum absolute atomic E-state index is 0.0243. The quantitative estimate of drug-likeness (QED) is 0.179. The predicted molar refractivity (Wildman–Crippen MR) is 232 cm³/mol. The third-order valence-corrected chi connectivity index (χ3v) is 19.3. The van der Waals surface area contributed by atoms with Gasteiger partial charge in [0.2, 0.25) is 0 Å². The second kappa shape index (κ2) is 13.6. The van der Waals surface area contributed by atoms with Crippen LogP contribution in [0.5, 0.6) is 0 Å². The Morgan fingerprint density at radius 1 is 0.825 bits per heavy atom. The Kier molecular flexibility index (Phi) is 9.03. The van der Waals surface area contributed by atoms with Crippen LogP contribution in [0.25, 0.3) is 21.5 Å². The van der Waals surface area contributed by atoms with Crippen LogP contribution >= 0.6 is 0 Å². The number of rotatable bonds is 5. The van der Waals surface area contributed by atoms with Crippen molar-refractivity contribution in [2.24, 2.45) is 75.9 Å². The molecule has 16 atom stereocenters. The van der Waals surface area contributed by atoms with Crippen molar-refractivity contribution in [3.05, 3.63) is 71.8 Å². The zero-order chi connectivity index (χ0) is 39.0. The van der Waals surface area contributed by atoms with Gasteiger partial charge in [0, 0.05) is 19.1 Å². The third kappa shape index (κ3) is 5.79. The second-order valence-electron chi connectivity index (χ2n) is 22.7. The molecule has 2 aliphatic heterocycles. The molecule has 0 aromatic heterocycles. The lowest BCUT2D eigenvalue weighted by molar-refractivity contribution is -0.189. The fourth-order valence-corrected chi connectivity index (χ4v) is 17.3. The molecule has 4 heteroatoms. The number of allylic oxidation sites excluding steroid dienone is 2. The number of fused-ring (bicyclic) bond motifs is 8. The Morgan fingerprint density at radius 3 is 2.37 bits per heavy atom. The highest BCUT2D eigenvalue weighted by atomic mass is 16.3. The molecule has 0 radical (unpaired) electrons. The van der Waals surface area contributed by atoms with Gasteiger partial charge in [-0.3, -0.25) is 4.90 Å². The third-order valence-electron chi connectivity index (χ3n) is 19.3. The molecule has 306 valence electrons. The number of nitrogens with zero attached hydrogens (tertiary/aromatic N) is 1. The van der Waals surface area contributed by atoms with E-state index in [1.807, 2.05) is 0 Å². The number of aryl methyl sites for hydroxylation is 1. The van der Waals surface area contributed by atoms with Crippen LogP contribution < -0.4 is 0 Å². The maximum atomic E-state index is 12.4. The highest BCUT2D eigenvalue weighted by Gasteiger charge is 2.71. The van der Waals surface area contributed by atoms with Gasteiger partial charge in [-0.05, 0) is 218 Å². The monoisotopic (exact) mass is 770 g/mol. The first-order chi connectivity index (χ1) is 27.4. The first-order valence-electron chi connectivity index (χ1n) is 23.9. The topological polar surface area (TPSA) is 63.9 Å². The largest absolute Gasteiger partial charge is 0.393 e. The lowest BCUT2D eigenvalue weighted by Crippen LogP contribution is -2.67. The molecule has 57 heavy (non-hydrogen) atoms. The molecule has 11 rings (SSSR count). The second-order valence-corrected chi connectivity index (χ2v) is 22.7. The molecule has 2 spiro atoms. The van der Waals surface area contributed by atoms with E-state index in [2.05, 4.69) is 93.3 Å². The molecule has 3 N–H and O–H groups in total. The SMILES string of the molecule is CC(C)Cc1cc2cc3ccccc3cc2cc1CCC1CCC2(C1)CC13CC=CC4C5C(CCC6C5CN5CC(C)CCC5C6(C)O)C(CC(O)C1CC2O)C43. The molecule has 6 aliphatic carbocycles. The molecule has 8 aliphatic rings. The molecular weight excluding hydrogens is 699 g/mol. The summed E-state index contributed by atoms with van der Waals surface area (Å²) < 4.78 is 0. The van der Waals surface area contributed by atoms with Gasteiger partial charge in [0.25, 0.3) is 0 Å². The van der Waals surface area contributed by atoms with E-state index < -0.39 is 5.60 Å². The molecular formula is C53H71NO3. The summed E-state index contributed by atoms with van der Waals surface area (Å²) in [6, 6.07) is 18.9. The maximum Gasteiger partial charge on any atom is 0.0805 e. The normalized spacial score (nSPS) is 46.2. The summed E-state index contributed by atoms with van der Waals surface area (Å²) in [5.41, 5.74) is 2.51. The van der Waals surface area contributed by atoms with Crippen molar-refractivity contribution in [1.29, 1.82) is 0 Å². The lowest BCUT2D eigenvalue weighted by atomic mass is 9.42. The van der Waals surface area contributed by atoms with Gasteiger partial charge >= 0.3 is 0 Å². The molecule has 7 fully saturated rings. The number of hydrogen-bond donors (Lipinski definition) is 3. The Morgan fingerprint density at radius 2 is 1.60 bits per heavy atom. The zero-order valence-corrected chi connectivity index (χ0v) is 35.5. The van der Waals surface area contributed by atoms with Crippen LogP contribution in [0.2, 0.25) is 0 Å². The fraction of sp³-hybridized carbons (Fsp3) is 0.698. The zero-order valence-electron chi connectivity index (χ0n) is 35.5. The molecule has 3 aromatic rings. The molecule has 5 saturated carbocycles. The van der Waals surface area contributed by atoms with Crippen LogP contribution in [0.3, 0.4) is 0 Å². The molecule has 2 heterocycles. The van der Waals surface area contributed by atoms with Gasteiger partial charge in [-0.2, -0.15) is 0 Å². The molecule has 0 amide bonds. The van der Waals surface area contributed by atoms with Crippen molar-refractivity contribution in [3.8, 4) is 0 Å². The van der Waals surface area contributed by atoms with E-state index in [4.69, 9.17) is 0 Å². The van der Waals surface area contributed by atoms with E-state index >= 15 is 0 Å². The van der Waals surface area contributed by atoms with E-state index in [1.165, 1.54) is 58.4 Å². The predicted octanol–water partition coefficient (Wildman–Crippen LogP) is 10.4. The van der Waals surface area contributed by atoms with Gasteiger partial charge in [-0.1, -0.05) is 69.3 Å². The summed E-state index contributed by atoms with van der Waals surface area (Å²) in [5, 5.41) is 42.3. The van der Waals surface area contributed by atoms with E-state index in [1.54, 1.807) is 0 Å². The summed E-state index contributed by atoms with van der Waals surface area (Å²) in [6.45, 7) is 11.6. The Bertz CT molecular complexity index is 2050. The summed E-state index contributed by atoms with van der Waals surface area (Å²) in [6.07, 6.45) is 20.3. The maximum absolute atomic E-state index is 12.4. The highest BCUT2D eigenvalue weighted by molar-refractivity contribution is 5.98. The van der Waals surface area contributed by atoms with Crippen molar-refractivity contribution in [3.63, 3.8) is 0 Å². The molecule has 16 unspecified atom stereocenters. The fourth-order valence-electron chi connectivity index (χ4n) is 17.3. The van der Waals surface area contributed by atoms with Crippen molar-refractivity contribution in [1.82, 2.24) is 4.90 Å². The minimum atomic E-state index is -0.617. The number of hydrogen-bond acceptors (Lipinski definition) is 4. The van der Waals surface area contributed by atoms with Gasteiger partial charge in [-0.15, -0.1) is 0 Å². The van der Waals surface area contributed by atoms with Gasteiger partial charge in [0.1, 0.15) is 0 Å².